The molecule has 2 nitrogen and oxygen atoms in total. The lowest BCUT2D eigenvalue weighted by atomic mass is 9.88. The van der Waals surface area contributed by atoms with Crippen molar-refractivity contribution in [3.05, 3.63) is 0 Å². The van der Waals surface area contributed by atoms with Crippen LogP contribution in [0.2, 0.25) is 0 Å². The second-order valence-electron chi connectivity index (χ2n) is 4.31. The average molecular weight is 169 g/mol. The molecule has 1 amide bonds. The number of amides is 1. The Kier molecular flexibility index (Phi) is 2.76. The highest BCUT2D eigenvalue weighted by Crippen LogP contribution is 2.28. The summed E-state index contributed by atoms with van der Waals surface area (Å²) in [5, 5.41) is 0. The summed E-state index contributed by atoms with van der Waals surface area (Å²) in [6, 6.07) is 0. The van der Waals surface area contributed by atoms with E-state index >= 15 is 0 Å². The van der Waals surface area contributed by atoms with Gasteiger partial charge in [-0.25, -0.2) is 0 Å². The van der Waals surface area contributed by atoms with Gasteiger partial charge < -0.3 is 4.90 Å². The van der Waals surface area contributed by atoms with E-state index in [2.05, 4.69) is 20.8 Å². The summed E-state index contributed by atoms with van der Waals surface area (Å²) in [4.78, 5) is 13.1. The van der Waals surface area contributed by atoms with Crippen LogP contribution in [0.4, 0.5) is 0 Å². The van der Waals surface area contributed by atoms with Gasteiger partial charge in [-0.15, -0.1) is 0 Å². The van der Waals surface area contributed by atoms with Gasteiger partial charge in [0, 0.05) is 20.0 Å². The molecule has 1 aliphatic heterocycles. The van der Waals surface area contributed by atoms with Crippen LogP contribution in [0.3, 0.4) is 0 Å². The zero-order valence-corrected chi connectivity index (χ0v) is 8.50. The number of nitrogens with zero attached hydrogens (tertiary/aromatic N) is 1. The number of carbonyl (C=O) groups excluding carboxylic acids is 1. The maximum Gasteiger partial charge on any atom is 0.219 e. The van der Waals surface area contributed by atoms with Gasteiger partial charge in [0.25, 0.3) is 0 Å². The van der Waals surface area contributed by atoms with E-state index in [-0.39, 0.29) is 5.91 Å². The van der Waals surface area contributed by atoms with Crippen LogP contribution in [0.15, 0.2) is 0 Å². The summed E-state index contributed by atoms with van der Waals surface area (Å²) in [7, 11) is 0. The lowest BCUT2D eigenvalue weighted by Crippen LogP contribution is -2.26. The third kappa shape index (κ3) is 1.79. The number of rotatable bonds is 1. The Morgan fingerprint density at radius 2 is 2.00 bits per heavy atom. The number of hydrogen-bond donors (Lipinski definition) is 0. The lowest BCUT2D eigenvalue weighted by Gasteiger charge is -2.17. The zero-order chi connectivity index (χ0) is 9.30. The number of carbonyl (C=O) groups is 1. The quantitative estimate of drug-likeness (QED) is 0.585. The molecule has 1 aliphatic rings. The molecule has 0 N–H and O–H groups in total. The first-order chi connectivity index (χ1) is 5.52. The van der Waals surface area contributed by atoms with Gasteiger partial charge in [0.1, 0.15) is 0 Å². The van der Waals surface area contributed by atoms with Gasteiger partial charge in [-0.2, -0.15) is 0 Å². The van der Waals surface area contributed by atoms with E-state index in [4.69, 9.17) is 0 Å². The van der Waals surface area contributed by atoms with Gasteiger partial charge in [0.15, 0.2) is 0 Å². The molecule has 1 fully saturated rings. The SMILES string of the molecule is CC(=O)N1CC(C)C(C(C)C)C1. The van der Waals surface area contributed by atoms with Crippen molar-refractivity contribution in [3.63, 3.8) is 0 Å². The normalized spacial score (nSPS) is 29.9. The largest absolute Gasteiger partial charge is 0.342 e. The van der Waals surface area contributed by atoms with E-state index in [1.54, 1.807) is 6.92 Å². The monoisotopic (exact) mass is 169 g/mol. The highest BCUT2D eigenvalue weighted by atomic mass is 16.2. The molecule has 1 rings (SSSR count). The van der Waals surface area contributed by atoms with Gasteiger partial charge in [-0.1, -0.05) is 20.8 Å². The molecule has 0 spiro atoms. The summed E-state index contributed by atoms with van der Waals surface area (Å²) in [5.41, 5.74) is 0. The van der Waals surface area contributed by atoms with E-state index in [0.717, 1.165) is 13.1 Å². The zero-order valence-electron chi connectivity index (χ0n) is 8.50. The van der Waals surface area contributed by atoms with Gasteiger partial charge in [0.2, 0.25) is 5.91 Å². The van der Waals surface area contributed by atoms with Crippen molar-refractivity contribution in [2.45, 2.75) is 27.7 Å². The van der Waals surface area contributed by atoms with Gasteiger partial charge in [-0.3, -0.25) is 4.79 Å². The Labute approximate surface area is 74.9 Å². The van der Waals surface area contributed by atoms with Crippen LogP contribution in [-0.2, 0) is 4.79 Å². The summed E-state index contributed by atoms with van der Waals surface area (Å²) in [5.74, 6) is 2.30. The number of hydrogen-bond acceptors (Lipinski definition) is 1. The van der Waals surface area contributed by atoms with Crippen LogP contribution in [0, 0.1) is 17.8 Å². The molecular formula is C10H19NO. The summed E-state index contributed by atoms with van der Waals surface area (Å²) < 4.78 is 0. The predicted octanol–water partition coefficient (Wildman–Crippen LogP) is 1.76. The smallest absolute Gasteiger partial charge is 0.219 e. The van der Waals surface area contributed by atoms with E-state index in [1.165, 1.54) is 0 Å². The first-order valence-corrected chi connectivity index (χ1v) is 4.78. The maximum absolute atomic E-state index is 11.1. The van der Waals surface area contributed by atoms with Crippen LogP contribution in [-0.4, -0.2) is 23.9 Å². The van der Waals surface area contributed by atoms with Crippen molar-refractivity contribution in [1.29, 1.82) is 0 Å². The molecule has 1 heterocycles. The minimum atomic E-state index is 0.227. The van der Waals surface area contributed by atoms with Crippen molar-refractivity contribution in [3.8, 4) is 0 Å². The standard InChI is InChI=1S/C10H19NO/c1-7(2)10-6-11(9(4)12)5-8(10)3/h7-8,10H,5-6H2,1-4H3. The summed E-state index contributed by atoms with van der Waals surface area (Å²) in [6.45, 7) is 10.3. The molecule has 2 atom stereocenters. The third-order valence-corrected chi connectivity index (χ3v) is 2.97. The van der Waals surface area contributed by atoms with Crippen LogP contribution in [0.1, 0.15) is 27.7 Å². The Balaban J connectivity index is 2.56. The molecule has 2 unspecified atom stereocenters. The highest BCUT2D eigenvalue weighted by molar-refractivity contribution is 5.73. The predicted molar refractivity (Wildman–Crippen MR) is 49.7 cm³/mol. The molecule has 70 valence electrons. The molecule has 2 heteroatoms. The second kappa shape index (κ2) is 3.46. The molecule has 12 heavy (non-hydrogen) atoms. The topological polar surface area (TPSA) is 20.3 Å². The molecule has 0 aromatic heterocycles. The van der Waals surface area contributed by atoms with Gasteiger partial charge in [-0.05, 0) is 17.8 Å². The van der Waals surface area contributed by atoms with Crippen molar-refractivity contribution < 1.29 is 4.79 Å². The van der Waals surface area contributed by atoms with Crippen molar-refractivity contribution in [1.82, 2.24) is 4.90 Å². The van der Waals surface area contributed by atoms with Crippen LogP contribution in [0.5, 0.6) is 0 Å². The molecule has 0 aliphatic carbocycles. The van der Waals surface area contributed by atoms with E-state index in [1.807, 2.05) is 4.90 Å². The fraction of sp³-hybridized carbons (Fsp3) is 0.900. The van der Waals surface area contributed by atoms with Crippen molar-refractivity contribution >= 4 is 5.91 Å². The fourth-order valence-corrected chi connectivity index (χ4v) is 2.12. The third-order valence-electron chi connectivity index (χ3n) is 2.97. The minimum absolute atomic E-state index is 0.227. The highest BCUT2D eigenvalue weighted by Gasteiger charge is 2.32. The van der Waals surface area contributed by atoms with E-state index < -0.39 is 0 Å². The van der Waals surface area contributed by atoms with Crippen molar-refractivity contribution in [2.24, 2.45) is 17.8 Å². The van der Waals surface area contributed by atoms with Crippen LogP contribution >= 0.6 is 0 Å². The first-order valence-electron chi connectivity index (χ1n) is 4.78. The van der Waals surface area contributed by atoms with Crippen LogP contribution < -0.4 is 0 Å². The Hall–Kier alpha value is -0.530. The Morgan fingerprint density at radius 3 is 2.25 bits per heavy atom. The molecule has 0 saturated carbocycles. The van der Waals surface area contributed by atoms with Gasteiger partial charge in [0.05, 0.1) is 0 Å². The van der Waals surface area contributed by atoms with E-state index in [9.17, 15) is 4.79 Å². The molecule has 0 aromatic rings. The summed E-state index contributed by atoms with van der Waals surface area (Å²) in [6.07, 6.45) is 0. The fourth-order valence-electron chi connectivity index (χ4n) is 2.12. The molecule has 0 radical (unpaired) electrons. The lowest BCUT2D eigenvalue weighted by molar-refractivity contribution is -0.128. The number of likely N-dealkylation sites (tertiary alicyclic amines) is 1. The molecule has 1 saturated heterocycles. The molecular weight excluding hydrogens is 150 g/mol. The summed E-state index contributed by atoms with van der Waals surface area (Å²) >= 11 is 0. The second-order valence-corrected chi connectivity index (χ2v) is 4.31. The average Bonchev–Trinajstić information content (AvgIpc) is 2.30. The van der Waals surface area contributed by atoms with Crippen LogP contribution in [0.25, 0.3) is 0 Å². The minimum Gasteiger partial charge on any atom is -0.342 e. The first kappa shape index (κ1) is 9.56. The van der Waals surface area contributed by atoms with E-state index in [0.29, 0.717) is 17.8 Å². The molecule has 0 aromatic carbocycles. The van der Waals surface area contributed by atoms with Gasteiger partial charge >= 0.3 is 0 Å². The maximum atomic E-state index is 11.1. The Morgan fingerprint density at radius 1 is 1.42 bits per heavy atom. The van der Waals surface area contributed by atoms with Crippen molar-refractivity contribution in [2.75, 3.05) is 13.1 Å². The molecule has 0 bridgehead atoms. The Bertz CT molecular complexity index is 177.